The van der Waals surface area contributed by atoms with E-state index in [1.807, 2.05) is 23.7 Å². The van der Waals surface area contributed by atoms with Crippen molar-refractivity contribution in [2.45, 2.75) is 26.9 Å². The summed E-state index contributed by atoms with van der Waals surface area (Å²) in [5.41, 5.74) is 4.09. The summed E-state index contributed by atoms with van der Waals surface area (Å²) in [6.07, 6.45) is 1.25. The first kappa shape index (κ1) is 10.9. The summed E-state index contributed by atoms with van der Waals surface area (Å²) in [6.45, 7) is 5.78. The Morgan fingerprint density at radius 3 is 2.62 bits per heavy atom. The van der Waals surface area contributed by atoms with Crippen molar-refractivity contribution < 1.29 is 5.11 Å². The average molecular weight is 216 g/mol. The minimum atomic E-state index is -0.474. The second-order valence-electron chi connectivity index (χ2n) is 4.11. The molecule has 0 aliphatic heterocycles. The fraction of sp³-hybridized carbons (Fsp3) is 0.308. The van der Waals surface area contributed by atoms with Crippen LogP contribution >= 0.6 is 0 Å². The van der Waals surface area contributed by atoms with Crippen LogP contribution in [0.2, 0.25) is 0 Å². The summed E-state index contributed by atoms with van der Waals surface area (Å²) >= 11 is 0. The summed E-state index contributed by atoms with van der Waals surface area (Å²) in [5.74, 6) is 0. The van der Waals surface area contributed by atoms with E-state index in [2.05, 4.69) is 24.2 Å². The van der Waals surface area contributed by atoms with Crippen molar-refractivity contribution in [3.8, 4) is 5.69 Å². The molecule has 2 aromatic rings. The van der Waals surface area contributed by atoms with Gasteiger partial charge in [0, 0.05) is 11.3 Å². The molecule has 0 amide bonds. The smallest absolute Gasteiger partial charge is 0.0795 e. The molecular formula is C13H16N2O. The van der Waals surface area contributed by atoms with E-state index in [4.69, 9.17) is 0 Å². The Morgan fingerprint density at radius 2 is 2.06 bits per heavy atom. The van der Waals surface area contributed by atoms with Crippen LogP contribution in [0, 0.1) is 13.8 Å². The Kier molecular flexibility index (Phi) is 2.79. The Bertz CT molecular complexity index is 500. The maximum absolute atomic E-state index is 9.57. The number of nitrogens with zero attached hydrogens (tertiary/aromatic N) is 2. The third kappa shape index (κ3) is 1.86. The van der Waals surface area contributed by atoms with Gasteiger partial charge < -0.3 is 5.11 Å². The van der Waals surface area contributed by atoms with E-state index in [1.165, 1.54) is 5.56 Å². The highest BCUT2D eigenvalue weighted by molar-refractivity contribution is 5.37. The largest absolute Gasteiger partial charge is 0.389 e. The fourth-order valence-corrected chi connectivity index (χ4v) is 1.85. The molecule has 2 rings (SSSR count). The van der Waals surface area contributed by atoms with Crippen LogP contribution in [0.3, 0.4) is 0 Å². The third-order valence-electron chi connectivity index (χ3n) is 2.74. The Hall–Kier alpha value is -1.61. The molecule has 1 aromatic heterocycles. The summed E-state index contributed by atoms with van der Waals surface area (Å²) in [6, 6.07) is 8.15. The van der Waals surface area contributed by atoms with Crippen molar-refractivity contribution in [1.82, 2.24) is 9.78 Å². The molecule has 0 saturated carbocycles. The zero-order valence-electron chi connectivity index (χ0n) is 9.81. The SMILES string of the molecule is Cc1cccc(-n2ncc(C(C)O)c2C)c1. The number of rotatable bonds is 2. The van der Waals surface area contributed by atoms with Crippen LogP contribution in [-0.4, -0.2) is 14.9 Å². The standard InChI is InChI=1S/C13H16N2O/c1-9-5-4-6-12(7-9)15-10(2)13(8-14-15)11(3)16/h4-8,11,16H,1-3H3. The lowest BCUT2D eigenvalue weighted by Crippen LogP contribution is -2.00. The topological polar surface area (TPSA) is 38.0 Å². The van der Waals surface area contributed by atoms with Crippen LogP contribution < -0.4 is 0 Å². The first-order valence-electron chi connectivity index (χ1n) is 5.39. The van der Waals surface area contributed by atoms with E-state index < -0.39 is 6.10 Å². The van der Waals surface area contributed by atoms with Gasteiger partial charge in [-0.2, -0.15) is 5.10 Å². The first-order valence-corrected chi connectivity index (χ1v) is 5.39. The predicted octanol–water partition coefficient (Wildman–Crippen LogP) is 2.54. The van der Waals surface area contributed by atoms with Crippen LogP contribution in [0.15, 0.2) is 30.5 Å². The number of hydrogen-bond donors (Lipinski definition) is 1. The second-order valence-corrected chi connectivity index (χ2v) is 4.11. The molecule has 1 unspecified atom stereocenters. The van der Waals surface area contributed by atoms with Gasteiger partial charge in [0.05, 0.1) is 18.0 Å². The zero-order chi connectivity index (χ0) is 11.7. The fourth-order valence-electron chi connectivity index (χ4n) is 1.85. The Morgan fingerprint density at radius 1 is 1.31 bits per heavy atom. The van der Waals surface area contributed by atoms with Crippen LogP contribution in [0.4, 0.5) is 0 Å². The molecule has 0 aliphatic rings. The van der Waals surface area contributed by atoms with Crippen molar-refractivity contribution >= 4 is 0 Å². The number of aromatic nitrogens is 2. The summed E-state index contributed by atoms with van der Waals surface area (Å²) in [4.78, 5) is 0. The van der Waals surface area contributed by atoms with Crippen molar-refractivity contribution in [2.24, 2.45) is 0 Å². The van der Waals surface area contributed by atoms with Gasteiger partial charge in [0.15, 0.2) is 0 Å². The third-order valence-corrected chi connectivity index (χ3v) is 2.74. The summed E-state index contributed by atoms with van der Waals surface area (Å²) in [5, 5.41) is 13.9. The van der Waals surface area contributed by atoms with Gasteiger partial charge in [-0.3, -0.25) is 0 Å². The maximum Gasteiger partial charge on any atom is 0.0795 e. The van der Waals surface area contributed by atoms with E-state index in [9.17, 15) is 5.11 Å². The highest BCUT2D eigenvalue weighted by Crippen LogP contribution is 2.20. The molecule has 0 radical (unpaired) electrons. The summed E-state index contributed by atoms with van der Waals surface area (Å²) in [7, 11) is 0. The lowest BCUT2D eigenvalue weighted by molar-refractivity contribution is 0.198. The van der Waals surface area contributed by atoms with Crippen molar-refractivity contribution in [2.75, 3.05) is 0 Å². The van der Waals surface area contributed by atoms with Crippen molar-refractivity contribution in [3.63, 3.8) is 0 Å². The molecule has 1 aromatic carbocycles. The van der Waals surface area contributed by atoms with Gasteiger partial charge in [0.2, 0.25) is 0 Å². The molecular weight excluding hydrogens is 200 g/mol. The molecule has 1 N–H and O–H groups in total. The predicted molar refractivity (Wildman–Crippen MR) is 63.7 cm³/mol. The second kappa shape index (κ2) is 4.10. The van der Waals surface area contributed by atoms with Crippen LogP contribution in [0.5, 0.6) is 0 Å². The van der Waals surface area contributed by atoms with Crippen LogP contribution in [-0.2, 0) is 0 Å². The van der Waals surface area contributed by atoms with Gasteiger partial charge in [0.1, 0.15) is 0 Å². The van der Waals surface area contributed by atoms with E-state index in [-0.39, 0.29) is 0 Å². The number of aliphatic hydroxyl groups is 1. The van der Waals surface area contributed by atoms with E-state index in [0.29, 0.717) is 0 Å². The first-order chi connectivity index (χ1) is 7.59. The van der Waals surface area contributed by atoms with Gasteiger partial charge in [-0.1, -0.05) is 12.1 Å². The summed E-state index contributed by atoms with van der Waals surface area (Å²) < 4.78 is 1.86. The van der Waals surface area contributed by atoms with Crippen LogP contribution in [0.25, 0.3) is 5.69 Å². The maximum atomic E-state index is 9.57. The minimum absolute atomic E-state index is 0.474. The number of hydrogen-bond acceptors (Lipinski definition) is 2. The lowest BCUT2D eigenvalue weighted by atomic mass is 10.1. The molecule has 1 heterocycles. The minimum Gasteiger partial charge on any atom is -0.389 e. The van der Waals surface area contributed by atoms with Crippen LogP contribution in [0.1, 0.15) is 29.8 Å². The highest BCUT2D eigenvalue weighted by Gasteiger charge is 2.11. The van der Waals surface area contributed by atoms with Gasteiger partial charge >= 0.3 is 0 Å². The molecule has 0 fully saturated rings. The van der Waals surface area contributed by atoms with Crippen molar-refractivity contribution in [3.05, 3.63) is 47.3 Å². The zero-order valence-corrected chi connectivity index (χ0v) is 9.81. The molecule has 3 heteroatoms. The van der Waals surface area contributed by atoms with Gasteiger partial charge in [-0.25, -0.2) is 4.68 Å². The number of benzene rings is 1. The quantitative estimate of drug-likeness (QED) is 0.837. The van der Waals surface area contributed by atoms with Gasteiger partial charge in [-0.05, 0) is 38.5 Å². The Balaban J connectivity index is 2.49. The Labute approximate surface area is 95.3 Å². The highest BCUT2D eigenvalue weighted by atomic mass is 16.3. The molecule has 16 heavy (non-hydrogen) atoms. The molecule has 3 nitrogen and oxygen atoms in total. The molecule has 1 atom stereocenters. The average Bonchev–Trinajstić information content (AvgIpc) is 2.60. The lowest BCUT2D eigenvalue weighted by Gasteiger charge is -2.07. The molecule has 0 aliphatic carbocycles. The van der Waals surface area contributed by atoms with Gasteiger partial charge in [-0.15, -0.1) is 0 Å². The normalized spacial score (nSPS) is 12.8. The van der Waals surface area contributed by atoms with E-state index >= 15 is 0 Å². The number of aliphatic hydroxyl groups excluding tert-OH is 1. The van der Waals surface area contributed by atoms with Crippen molar-refractivity contribution in [1.29, 1.82) is 0 Å². The molecule has 0 saturated heterocycles. The molecule has 84 valence electrons. The molecule has 0 bridgehead atoms. The molecule has 0 spiro atoms. The van der Waals surface area contributed by atoms with E-state index in [0.717, 1.165) is 16.9 Å². The van der Waals surface area contributed by atoms with E-state index in [1.54, 1.807) is 13.1 Å². The monoisotopic (exact) mass is 216 g/mol. The van der Waals surface area contributed by atoms with Gasteiger partial charge in [0.25, 0.3) is 0 Å². The number of aryl methyl sites for hydroxylation is 1.